The third-order valence-corrected chi connectivity index (χ3v) is 5.01. The first kappa shape index (κ1) is 17.8. The van der Waals surface area contributed by atoms with Crippen molar-refractivity contribution < 1.29 is 17.9 Å². The average molecular weight is 370 g/mol. The quantitative estimate of drug-likeness (QED) is 0.710. The lowest BCUT2D eigenvalue weighted by atomic mass is 10.2. The molecule has 26 heavy (non-hydrogen) atoms. The molecule has 0 aliphatic carbocycles. The van der Waals surface area contributed by atoms with Crippen LogP contribution in [0.25, 0.3) is 0 Å². The normalized spacial score (nSPS) is 11.0. The number of anilines is 1. The van der Waals surface area contributed by atoms with Crippen molar-refractivity contribution in [1.82, 2.24) is 4.98 Å². The van der Waals surface area contributed by atoms with E-state index in [9.17, 15) is 8.42 Å². The molecule has 3 rings (SSSR count). The van der Waals surface area contributed by atoms with E-state index in [0.29, 0.717) is 22.9 Å². The van der Waals surface area contributed by atoms with Crippen LogP contribution in [0.3, 0.4) is 0 Å². The van der Waals surface area contributed by atoms with Crippen molar-refractivity contribution in [2.75, 3.05) is 11.8 Å². The summed E-state index contributed by atoms with van der Waals surface area (Å²) in [5.41, 5.74) is 1.36. The Balaban J connectivity index is 1.84. The molecular weight excluding hydrogens is 352 g/mol. The van der Waals surface area contributed by atoms with Gasteiger partial charge in [0.15, 0.2) is 11.5 Å². The molecule has 0 atom stereocenters. The van der Waals surface area contributed by atoms with Gasteiger partial charge < -0.3 is 9.47 Å². The van der Waals surface area contributed by atoms with Gasteiger partial charge in [-0.15, -0.1) is 0 Å². The molecule has 134 valence electrons. The molecule has 1 aromatic heterocycles. The summed E-state index contributed by atoms with van der Waals surface area (Å²) in [6, 6.07) is 15.0. The van der Waals surface area contributed by atoms with Crippen molar-refractivity contribution >= 4 is 15.7 Å². The maximum absolute atomic E-state index is 12.5. The number of nitrogens with one attached hydrogen (secondary N) is 1. The Morgan fingerprint density at radius 1 is 1.00 bits per heavy atom. The number of aromatic nitrogens is 1. The minimum Gasteiger partial charge on any atom is -0.493 e. The highest BCUT2D eigenvalue weighted by Crippen LogP contribution is 2.34. The number of methoxy groups -OCH3 is 1. The minimum atomic E-state index is -3.68. The SMILES string of the molecule is COc1cc(NS(=O)(=O)c2ccc(C)cc2)ccc1Oc1cccnc1. The van der Waals surface area contributed by atoms with Gasteiger partial charge in [0.05, 0.1) is 23.9 Å². The fraction of sp³-hybridized carbons (Fsp3) is 0.105. The second-order valence-corrected chi connectivity index (χ2v) is 7.26. The molecule has 2 aromatic carbocycles. The molecule has 0 bridgehead atoms. The first-order valence-electron chi connectivity index (χ1n) is 7.83. The molecule has 0 aliphatic heterocycles. The Kier molecular flexibility index (Phi) is 5.09. The number of benzene rings is 2. The predicted molar refractivity (Wildman–Crippen MR) is 99.3 cm³/mol. The molecule has 0 fully saturated rings. The number of nitrogens with zero attached hydrogens (tertiary/aromatic N) is 1. The van der Waals surface area contributed by atoms with Gasteiger partial charge in [-0.25, -0.2) is 8.42 Å². The fourth-order valence-electron chi connectivity index (χ4n) is 2.28. The van der Waals surface area contributed by atoms with E-state index >= 15 is 0 Å². The van der Waals surface area contributed by atoms with Crippen LogP contribution in [0.2, 0.25) is 0 Å². The lowest BCUT2D eigenvalue weighted by Crippen LogP contribution is -2.13. The van der Waals surface area contributed by atoms with Gasteiger partial charge >= 0.3 is 0 Å². The van der Waals surface area contributed by atoms with E-state index in [2.05, 4.69) is 9.71 Å². The van der Waals surface area contributed by atoms with Crippen LogP contribution in [0.4, 0.5) is 5.69 Å². The van der Waals surface area contributed by atoms with Crippen LogP contribution in [0.15, 0.2) is 71.9 Å². The standard InChI is InChI=1S/C19H18N2O4S/c1-14-5-8-17(9-6-14)26(22,23)21-15-7-10-18(19(12-15)24-2)25-16-4-3-11-20-13-16/h3-13,21H,1-2H3. The summed E-state index contributed by atoms with van der Waals surface area (Å²) in [5, 5.41) is 0. The first-order valence-corrected chi connectivity index (χ1v) is 9.32. The van der Waals surface area contributed by atoms with E-state index < -0.39 is 10.0 Å². The van der Waals surface area contributed by atoms with E-state index in [0.717, 1.165) is 5.56 Å². The molecule has 0 saturated heterocycles. The molecule has 0 unspecified atom stereocenters. The van der Waals surface area contributed by atoms with Crippen molar-refractivity contribution in [3.63, 3.8) is 0 Å². The highest BCUT2D eigenvalue weighted by molar-refractivity contribution is 7.92. The highest BCUT2D eigenvalue weighted by atomic mass is 32.2. The second-order valence-electron chi connectivity index (χ2n) is 5.57. The molecule has 7 heteroatoms. The van der Waals surface area contributed by atoms with Gasteiger partial charge in [0.2, 0.25) is 0 Å². The summed E-state index contributed by atoms with van der Waals surface area (Å²) in [7, 11) is -2.19. The van der Waals surface area contributed by atoms with Crippen LogP contribution in [-0.2, 0) is 10.0 Å². The summed E-state index contributed by atoms with van der Waals surface area (Å²) >= 11 is 0. The molecule has 0 aliphatic rings. The molecule has 0 saturated carbocycles. The second kappa shape index (κ2) is 7.45. The number of sulfonamides is 1. The van der Waals surface area contributed by atoms with Gasteiger partial charge in [0, 0.05) is 12.3 Å². The lowest BCUT2D eigenvalue weighted by Gasteiger charge is -2.13. The van der Waals surface area contributed by atoms with Gasteiger partial charge in [-0.1, -0.05) is 17.7 Å². The van der Waals surface area contributed by atoms with E-state index in [-0.39, 0.29) is 4.90 Å². The summed E-state index contributed by atoms with van der Waals surface area (Å²) < 4.78 is 38.6. The Morgan fingerprint density at radius 3 is 2.42 bits per heavy atom. The molecule has 3 aromatic rings. The minimum absolute atomic E-state index is 0.192. The van der Waals surface area contributed by atoms with Crippen molar-refractivity contribution in [1.29, 1.82) is 0 Å². The molecule has 6 nitrogen and oxygen atoms in total. The molecule has 0 radical (unpaired) electrons. The number of hydrogen-bond donors (Lipinski definition) is 1. The summed E-state index contributed by atoms with van der Waals surface area (Å²) in [4.78, 5) is 4.18. The maximum atomic E-state index is 12.5. The van der Waals surface area contributed by atoms with Crippen LogP contribution in [0.1, 0.15) is 5.56 Å². The first-order chi connectivity index (χ1) is 12.5. The van der Waals surface area contributed by atoms with Gasteiger partial charge in [0.25, 0.3) is 10.0 Å². The largest absolute Gasteiger partial charge is 0.493 e. The third-order valence-electron chi connectivity index (χ3n) is 3.61. The number of rotatable bonds is 6. The molecule has 0 spiro atoms. The van der Waals surface area contributed by atoms with Crippen LogP contribution in [-0.4, -0.2) is 20.5 Å². The monoisotopic (exact) mass is 370 g/mol. The van der Waals surface area contributed by atoms with Gasteiger partial charge in [-0.2, -0.15) is 0 Å². The summed E-state index contributed by atoms with van der Waals surface area (Å²) in [6.07, 6.45) is 3.22. The molecular formula is C19H18N2O4S. The van der Waals surface area contributed by atoms with Gasteiger partial charge in [-0.05, 0) is 43.3 Å². The smallest absolute Gasteiger partial charge is 0.261 e. The van der Waals surface area contributed by atoms with E-state index in [1.165, 1.54) is 7.11 Å². The zero-order valence-corrected chi connectivity index (χ0v) is 15.2. The summed E-state index contributed by atoms with van der Waals surface area (Å²) in [6.45, 7) is 1.90. The van der Waals surface area contributed by atoms with Crippen LogP contribution in [0, 0.1) is 6.92 Å². The van der Waals surface area contributed by atoms with E-state index in [1.54, 1.807) is 67.0 Å². The molecule has 1 heterocycles. The zero-order chi connectivity index (χ0) is 18.6. The van der Waals surface area contributed by atoms with Crippen LogP contribution < -0.4 is 14.2 Å². The van der Waals surface area contributed by atoms with Crippen molar-refractivity contribution in [2.45, 2.75) is 11.8 Å². The van der Waals surface area contributed by atoms with Gasteiger partial charge in [0.1, 0.15) is 5.75 Å². The Labute approximate surface area is 152 Å². The average Bonchev–Trinajstić information content (AvgIpc) is 2.64. The van der Waals surface area contributed by atoms with E-state index in [4.69, 9.17) is 9.47 Å². The number of hydrogen-bond acceptors (Lipinski definition) is 5. The predicted octanol–water partition coefficient (Wildman–Crippen LogP) is 3.99. The number of ether oxygens (including phenoxy) is 2. The summed E-state index contributed by atoms with van der Waals surface area (Å²) in [5.74, 6) is 1.41. The topological polar surface area (TPSA) is 77.5 Å². The lowest BCUT2D eigenvalue weighted by molar-refractivity contribution is 0.378. The van der Waals surface area contributed by atoms with Crippen molar-refractivity contribution in [3.8, 4) is 17.2 Å². The molecule has 1 N–H and O–H groups in total. The third kappa shape index (κ3) is 4.12. The van der Waals surface area contributed by atoms with Gasteiger partial charge in [-0.3, -0.25) is 9.71 Å². The Bertz CT molecular complexity index is 988. The highest BCUT2D eigenvalue weighted by Gasteiger charge is 2.15. The maximum Gasteiger partial charge on any atom is 0.261 e. The van der Waals surface area contributed by atoms with Crippen molar-refractivity contribution in [3.05, 3.63) is 72.6 Å². The number of pyridine rings is 1. The van der Waals surface area contributed by atoms with Crippen molar-refractivity contribution in [2.24, 2.45) is 0 Å². The molecule has 0 amide bonds. The van der Waals surface area contributed by atoms with Crippen LogP contribution in [0.5, 0.6) is 17.2 Å². The van der Waals surface area contributed by atoms with E-state index in [1.807, 2.05) is 6.92 Å². The number of aryl methyl sites for hydroxylation is 1. The fourth-order valence-corrected chi connectivity index (χ4v) is 3.33. The Hall–Kier alpha value is -3.06. The Morgan fingerprint density at radius 2 is 1.77 bits per heavy atom. The zero-order valence-electron chi connectivity index (χ0n) is 14.3. The van der Waals surface area contributed by atoms with Crippen LogP contribution >= 0.6 is 0 Å².